The van der Waals surface area contributed by atoms with E-state index in [-0.39, 0.29) is 24.4 Å². The fraction of sp³-hybridized carbons (Fsp3) is 0.235. The predicted molar refractivity (Wildman–Crippen MR) is 92.7 cm³/mol. The van der Waals surface area contributed by atoms with Crippen LogP contribution in [0.4, 0.5) is 0 Å². The van der Waals surface area contributed by atoms with Crippen LogP contribution in [0.25, 0.3) is 0 Å². The van der Waals surface area contributed by atoms with Crippen molar-refractivity contribution in [2.75, 3.05) is 20.1 Å². The van der Waals surface area contributed by atoms with Crippen molar-refractivity contribution in [1.29, 1.82) is 0 Å². The van der Waals surface area contributed by atoms with E-state index in [0.29, 0.717) is 11.6 Å². The van der Waals surface area contributed by atoms with Crippen molar-refractivity contribution in [3.05, 3.63) is 66.0 Å². The van der Waals surface area contributed by atoms with Crippen molar-refractivity contribution in [2.24, 2.45) is 0 Å². The van der Waals surface area contributed by atoms with E-state index >= 15 is 0 Å². The van der Waals surface area contributed by atoms with Crippen molar-refractivity contribution in [3.8, 4) is 0 Å². The summed E-state index contributed by atoms with van der Waals surface area (Å²) < 4.78 is 1.77. The first kappa shape index (κ1) is 17.7. The lowest BCUT2D eigenvalue weighted by molar-refractivity contribution is -0.131. The summed E-state index contributed by atoms with van der Waals surface area (Å²) in [7, 11) is 1.55. The zero-order valence-electron chi connectivity index (χ0n) is 13.4. The summed E-state index contributed by atoms with van der Waals surface area (Å²) in [5.41, 5.74) is 0.971. The molecule has 7 heteroatoms. The number of hydrogen-bond acceptors (Lipinski definition) is 3. The quantitative estimate of drug-likeness (QED) is 0.778. The second kappa shape index (κ2) is 8.31. The van der Waals surface area contributed by atoms with Crippen molar-refractivity contribution in [3.63, 3.8) is 0 Å². The standard InChI is InChI=1S/C17H19ClN4O2/c1-3-17(24)21(2)12-16(23)19-11-15(22-10-4-9-20-22)13-5-7-14(18)8-6-13/h3-10,15H,1,11-12H2,2H3,(H,19,23). The highest BCUT2D eigenvalue weighted by Gasteiger charge is 2.16. The molecule has 24 heavy (non-hydrogen) atoms. The number of amides is 2. The van der Waals surface area contributed by atoms with Gasteiger partial charge in [-0.05, 0) is 29.8 Å². The molecule has 0 radical (unpaired) electrons. The lowest BCUT2D eigenvalue weighted by atomic mass is 10.1. The zero-order chi connectivity index (χ0) is 17.5. The number of nitrogens with one attached hydrogen (secondary N) is 1. The van der Waals surface area contributed by atoms with Gasteiger partial charge in [0.25, 0.3) is 0 Å². The van der Waals surface area contributed by atoms with Gasteiger partial charge >= 0.3 is 0 Å². The number of nitrogens with zero attached hydrogens (tertiary/aromatic N) is 3. The molecule has 0 saturated heterocycles. The van der Waals surface area contributed by atoms with Gasteiger partial charge in [0.05, 0.1) is 12.6 Å². The molecule has 2 amide bonds. The van der Waals surface area contributed by atoms with E-state index in [1.807, 2.05) is 24.4 Å². The van der Waals surface area contributed by atoms with E-state index in [1.165, 1.54) is 11.0 Å². The summed E-state index contributed by atoms with van der Waals surface area (Å²) in [5, 5.41) is 7.73. The van der Waals surface area contributed by atoms with Gasteiger partial charge in [0.2, 0.25) is 11.8 Å². The normalized spacial score (nSPS) is 11.6. The first-order chi connectivity index (χ1) is 11.5. The van der Waals surface area contributed by atoms with Crippen LogP contribution in [0.3, 0.4) is 0 Å². The van der Waals surface area contributed by atoms with Crippen LogP contribution in [0, 0.1) is 0 Å². The van der Waals surface area contributed by atoms with Gasteiger partial charge < -0.3 is 10.2 Å². The van der Waals surface area contributed by atoms with E-state index in [9.17, 15) is 9.59 Å². The largest absolute Gasteiger partial charge is 0.352 e. The topological polar surface area (TPSA) is 67.2 Å². The molecule has 126 valence electrons. The van der Waals surface area contributed by atoms with Crippen LogP contribution < -0.4 is 5.32 Å². The third-order valence-corrected chi connectivity index (χ3v) is 3.78. The Bertz CT molecular complexity index is 698. The SMILES string of the molecule is C=CC(=O)N(C)CC(=O)NCC(c1ccc(Cl)cc1)n1cccn1. The summed E-state index contributed by atoms with van der Waals surface area (Å²) in [5.74, 6) is -0.551. The number of carbonyl (C=O) groups is 2. The number of hydrogen-bond donors (Lipinski definition) is 1. The van der Waals surface area contributed by atoms with E-state index in [2.05, 4.69) is 17.0 Å². The molecule has 6 nitrogen and oxygen atoms in total. The maximum atomic E-state index is 12.0. The van der Waals surface area contributed by atoms with E-state index in [1.54, 1.807) is 30.1 Å². The molecule has 1 aromatic carbocycles. The Morgan fingerprint density at radius 2 is 2.12 bits per heavy atom. The molecule has 1 aromatic heterocycles. The van der Waals surface area contributed by atoms with Gasteiger partial charge in [0.15, 0.2) is 0 Å². The van der Waals surface area contributed by atoms with Crippen molar-refractivity contribution < 1.29 is 9.59 Å². The highest BCUT2D eigenvalue weighted by atomic mass is 35.5. The molecule has 1 heterocycles. The van der Waals surface area contributed by atoms with Gasteiger partial charge in [0, 0.05) is 31.0 Å². The molecule has 1 atom stereocenters. The molecule has 0 bridgehead atoms. The summed E-state index contributed by atoms with van der Waals surface area (Å²) in [4.78, 5) is 24.8. The second-order valence-electron chi connectivity index (χ2n) is 5.26. The molecule has 0 aliphatic heterocycles. The first-order valence-electron chi connectivity index (χ1n) is 7.40. The Hall–Kier alpha value is -2.60. The number of benzene rings is 1. The fourth-order valence-corrected chi connectivity index (χ4v) is 2.36. The Balaban J connectivity index is 2.04. The van der Waals surface area contributed by atoms with E-state index in [0.717, 1.165) is 5.56 Å². The van der Waals surface area contributed by atoms with Gasteiger partial charge in [0.1, 0.15) is 0 Å². The summed E-state index contributed by atoms with van der Waals surface area (Å²) in [6, 6.07) is 9.04. The Morgan fingerprint density at radius 3 is 2.71 bits per heavy atom. The van der Waals surface area contributed by atoms with Crippen LogP contribution in [0.5, 0.6) is 0 Å². The number of rotatable bonds is 7. The summed E-state index contributed by atoms with van der Waals surface area (Å²) in [6.45, 7) is 3.71. The van der Waals surface area contributed by atoms with Crippen LogP contribution in [0.15, 0.2) is 55.4 Å². The molecule has 0 fully saturated rings. The molecular formula is C17H19ClN4O2. The Labute approximate surface area is 145 Å². The van der Waals surface area contributed by atoms with Crippen molar-refractivity contribution >= 4 is 23.4 Å². The Morgan fingerprint density at radius 1 is 1.42 bits per heavy atom. The number of aromatic nitrogens is 2. The second-order valence-corrected chi connectivity index (χ2v) is 5.69. The van der Waals surface area contributed by atoms with Gasteiger partial charge in [-0.2, -0.15) is 5.10 Å². The fourth-order valence-electron chi connectivity index (χ4n) is 2.23. The molecule has 0 spiro atoms. The van der Waals surface area contributed by atoms with Crippen LogP contribution in [0.2, 0.25) is 5.02 Å². The van der Waals surface area contributed by atoms with Crippen LogP contribution in [0.1, 0.15) is 11.6 Å². The molecule has 1 N–H and O–H groups in total. The predicted octanol–water partition coefficient (Wildman–Crippen LogP) is 1.89. The highest BCUT2D eigenvalue weighted by Crippen LogP contribution is 2.19. The van der Waals surface area contributed by atoms with Crippen LogP contribution in [-0.2, 0) is 9.59 Å². The molecular weight excluding hydrogens is 328 g/mol. The third kappa shape index (κ3) is 4.70. The minimum Gasteiger partial charge on any atom is -0.352 e. The van der Waals surface area contributed by atoms with Crippen LogP contribution in [-0.4, -0.2) is 46.6 Å². The minimum atomic E-state index is -0.300. The summed E-state index contributed by atoms with van der Waals surface area (Å²) >= 11 is 5.93. The highest BCUT2D eigenvalue weighted by molar-refractivity contribution is 6.30. The lowest BCUT2D eigenvalue weighted by Crippen LogP contribution is -2.40. The smallest absolute Gasteiger partial charge is 0.246 e. The van der Waals surface area contributed by atoms with Gasteiger partial charge in [-0.1, -0.05) is 30.3 Å². The number of likely N-dealkylation sites (N-methyl/N-ethyl adjacent to an activating group) is 1. The molecule has 0 aliphatic carbocycles. The molecule has 2 rings (SSSR count). The maximum Gasteiger partial charge on any atom is 0.246 e. The maximum absolute atomic E-state index is 12.0. The average molecular weight is 347 g/mol. The van der Waals surface area contributed by atoms with E-state index < -0.39 is 0 Å². The van der Waals surface area contributed by atoms with Gasteiger partial charge in [-0.15, -0.1) is 0 Å². The third-order valence-electron chi connectivity index (χ3n) is 3.52. The molecule has 0 aliphatic rings. The number of carbonyl (C=O) groups excluding carboxylic acids is 2. The van der Waals surface area contributed by atoms with E-state index in [4.69, 9.17) is 11.6 Å². The zero-order valence-corrected chi connectivity index (χ0v) is 14.1. The molecule has 2 aromatic rings. The molecule has 0 saturated carbocycles. The monoisotopic (exact) mass is 346 g/mol. The van der Waals surface area contributed by atoms with Gasteiger partial charge in [-0.3, -0.25) is 14.3 Å². The van der Waals surface area contributed by atoms with Crippen molar-refractivity contribution in [2.45, 2.75) is 6.04 Å². The summed E-state index contributed by atoms with van der Waals surface area (Å²) in [6.07, 6.45) is 4.69. The number of halogens is 1. The molecule has 1 unspecified atom stereocenters. The Kier molecular flexibility index (Phi) is 6.14. The van der Waals surface area contributed by atoms with Crippen LogP contribution >= 0.6 is 11.6 Å². The first-order valence-corrected chi connectivity index (χ1v) is 7.78. The van der Waals surface area contributed by atoms with Crippen molar-refractivity contribution in [1.82, 2.24) is 20.0 Å². The lowest BCUT2D eigenvalue weighted by Gasteiger charge is -2.20. The minimum absolute atomic E-state index is 0.0305. The van der Waals surface area contributed by atoms with Gasteiger partial charge in [-0.25, -0.2) is 0 Å². The average Bonchev–Trinajstić information content (AvgIpc) is 3.10.